The highest BCUT2D eigenvalue weighted by Gasteiger charge is 2.17. The summed E-state index contributed by atoms with van der Waals surface area (Å²) in [5, 5.41) is 0. The third kappa shape index (κ3) is 3.27. The average molecular weight is 255 g/mol. The van der Waals surface area contributed by atoms with Gasteiger partial charge in [-0.1, -0.05) is 6.07 Å². The van der Waals surface area contributed by atoms with Crippen molar-refractivity contribution in [2.24, 2.45) is 5.73 Å². The quantitative estimate of drug-likeness (QED) is 0.749. The van der Waals surface area contributed by atoms with Gasteiger partial charge < -0.3 is 24.7 Å². The fourth-order valence-electron chi connectivity index (χ4n) is 1.37. The van der Waals surface area contributed by atoms with E-state index in [1.807, 2.05) is 0 Å². The minimum atomic E-state index is -0.842. The van der Waals surface area contributed by atoms with Crippen LogP contribution in [0.5, 0.6) is 17.2 Å². The molecule has 0 heterocycles. The highest BCUT2D eigenvalue weighted by Crippen LogP contribution is 2.36. The van der Waals surface area contributed by atoms with Crippen molar-refractivity contribution < 1.29 is 23.7 Å². The molecule has 6 heteroatoms. The molecule has 2 N–H and O–H groups in total. The second-order valence-corrected chi connectivity index (χ2v) is 3.43. The van der Waals surface area contributed by atoms with Gasteiger partial charge in [-0.25, -0.2) is 0 Å². The Bertz CT molecular complexity index is 407. The molecule has 6 nitrogen and oxygen atoms in total. The van der Waals surface area contributed by atoms with Gasteiger partial charge in [-0.2, -0.15) is 0 Å². The zero-order valence-corrected chi connectivity index (χ0v) is 10.6. The maximum absolute atomic E-state index is 11.1. The molecule has 1 rings (SSSR count). The number of nitrogens with two attached hydrogens (primary N) is 1. The number of carbonyl (C=O) groups excluding carboxylic acids is 1. The van der Waals surface area contributed by atoms with Crippen molar-refractivity contribution in [3.8, 4) is 17.2 Å². The Morgan fingerprint density at radius 2 is 1.89 bits per heavy atom. The van der Waals surface area contributed by atoms with E-state index >= 15 is 0 Å². The third-order valence-corrected chi connectivity index (χ3v) is 2.29. The Labute approximate surface area is 106 Å². The van der Waals surface area contributed by atoms with E-state index in [0.717, 1.165) is 0 Å². The molecular formula is C12H17NO5. The van der Waals surface area contributed by atoms with Crippen LogP contribution in [0.3, 0.4) is 0 Å². The third-order valence-electron chi connectivity index (χ3n) is 2.29. The molecule has 0 aromatic heterocycles. The summed E-state index contributed by atoms with van der Waals surface area (Å²) in [4.78, 5) is 11.1. The highest BCUT2D eigenvalue weighted by atomic mass is 16.5. The van der Waals surface area contributed by atoms with Crippen molar-refractivity contribution in [3.05, 3.63) is 18.2 Å². The van der Waals surface area contributed by atoms with E-state index in [-0.39, 0.29) is 6.61 Å². The van der Waals surface area contributed by atoms with Crippen LogP contribution in [0, 0.1) is 0 Å². The van der Waals surface area contributed by atoms with Gasteiger partial charge in [-0.05, 0) is 12.1 Å². The van der Waals surface area contributed by atoms with Gasteiger partial charge in [0, 0.05) is 0 Å². The molecule has 1 atom stereocenters. The van der Waals surface area contributed by atoms with E-state index in [1.165, 1.54) is 21.3 Å². The molecule has 100 valence electrons. The van der Waals surface area contributed by atoms with E-state index < -0.39 is 12.0 Å². The number of methoxy groups -OCH3 is 3. The van der Waals surface area contributed by atoms with Crippen molar-refractivity contribution in [1.29, 1.82) is 0 Å². The Balaban J connectivity index is 2.75. The zero-order valence-electron chi connectivity index (χ0n) is 10.6. The molecule has 0 bridgehead atoms. The summed E-state index contributed by atoms with van der Waals surface area (Å²) in [6.45, 7) is -0.00377. The minimum Gasteiger partial charge on any atom is -0.493 e. The van der Waals surface area contributed by atoms with Gasteiger partial charge >= 0.3 is 5.97 Å². The van der Waals surface area contributed by atoms with Crippen LogP contribution < -0.4 is 19.9 Å². The predicted octanol–water partition coefficient (Wildman–Crippen LogP) is 0.583. The molecule has 1 aromatic carbocycles. The SMILES string of the molecule is COC(=O)C(N)COc1cccc(OC)c1OC. The number of ether oxygens (including phenoxy) is 4. The number of para-hydroxylation sites is 1. The summed E-state index contributed by atoms with van der Waals surface area (Å²) >= 11 is 0. The first-order valence-electron chi connectivity index (χ1n) is 5.31. The first-order chi connectivity index (χ1) is 8.63. The molecule has 0 aliphatic rings. The van der Waals surface area contributed by atoms with Gasteiger partial charge in [0.2, 0.25) is 5.75 Å². The molecule has 1 unspecified atom stereocenters. The van der Waals surface area contributed by atoms with Crippen LogP contribution in [0.2, 0.25) is 0 Å². The van der Waals surface area contributed by atoms with Crippen LogP contribution in [0.4, 0.5) is 0 Å². The van der Waals surface area contributed by atoms with Crippen molar-refractivity contribution >= 4 is 5.97 Å². The van der Waals surface area contributed by atoms with Crippen molar-refractivity contribution in [2.75, 3.05) is 27.9 Å². The first kappa shape index (κ1) is 14.1. The Hall–Kier alpha value is -1.95. The van der Waals surface area contributed by atoms with Gasteiger partial charge in [0.15, 0.2) is 11.5 Å². The normalized spacial score (nSPS) is 11.6. The van der Waals surface area contributed by atoms with Gasteiger partial charge in [0.1, 0.15) is 12.6 Å². The Morgan fingerprint density at radius 3 is 2.44 bits per heavy atom. The van der Waals surface area contributed by atoms with Crippen LogP contribution >= 0.6 is 0 Å². The molecule has 0 aliphatic heterocycles. The van der Waals surface area contributed by atoms with Gasteiger partial charge in [0.05, 0.1) is 21.3 Å². The van der Waals surface area contributed by atoms with Crippen molar-refractivity contribution in [1.82, 2.24) is 0 Å². The maximum atomic E-state index is 11.1. The highest BCUT2D eigenvalue weighted by molar-refractivity contribution is 5.75. The number of rotatable bonds is 6. The van der Waals surface area contributed by atoms with Crippen LogP contribution in [-0.4, -0.2) is 39.9 Å². The molecular weight excluding hydrogens is 238 g/mol. The molecule has 0 radical (unpaired) electrons. The van der Waals surface area contributed by atoms with Gasteiger partial charge in [0.25, 0.3) is 0 Å². The van der Waals surface area contributed by atoms with E-state index in [1.54, 1.807) is 18.2 Å². The lowest BCUT2D eigenvalue weighted by molar-refractivity contribution is -0.142. The summed E-state index contributed by atoms with van der Waals surface area (Å²) in [7, 11) is 4.31. The minimum absolute atomic E-state index is 0.00377. The monoisotopic (exact) mass is 255 g/mol. The number of esters is 1. The standard InChI is InChI=1S/C12H17NO5/c1-15-9-5-4-6-10(11(9)16-2)18-7-8(13)12(14)17-3/h4-6,8H,7,13H2,1-3H3. The molecule has 1 aromatic rings. The van der Waals surface area contributed by atoms with Crippen LogP contribution in [0.25, 0.3) is 0 Å². The summed E-state index contributed by atoms with van der Waals surface area (Å²) in [5.41, 5.74) is 5.57. The number of benzene rings is 1. The maximum Gasteiger partial charge on any atom is 0.326 e. The molecule has 0 saturated carbocycles. The molecule has 0 aliphatic carbocycles. The first-order valence-corrected chi connectivity index (χ1v) is 5.31. The summed E-state index contributed by atoms with van der Waals surface area (Å²) in [6, 6.07) is 4.35. The predicted molar refractivity (Wildman–Crippen MR) is 65.0 cm³/mol. The van der Waals surface area contributed by atoms with Crippen molar-refractivity contribution in [2.45, 2.75) is 6.04 Å². The van der Waals surface area contributed by atoms with Gasteiger partial charge in [-0.3, -0.25) is 4.79 Å². The largest absolute Gasteiger partial charge is 0.493 e. The smallest absolute Gasteiger partial charge is 0.326 e. The second-order valence-electron chi connectivity index (χ2n) is 3.43. The number of carbonyl (C=O) groups is 1. The Kier molecular flexibility index (Phi) is 5.26. The van der Waals surface area contributed by atoms with Crippen LogP contribution in [-0.2, 0) is 9.53 Å². The fourth-order valence-corrected chi connectivity index (χ4v) is 1.37. The lowest BCUT2D eigenvalue weighted by atomic mass is 10.3. The molecule has 0 fully saturated rings. The van der Waals surface area contributed by atoms with E-state index in [2.05, 4.69) is 4.74 Å². The molecule has 0 spiro atoms. The van der Waals surface area contributed by atoms with E-state index in [0.29, 0.717) is 17.2 Å². The van der Waals surface area contributed by atoms with E-state index in [4.69, 9.17) is 19.9 Å². The summed E-state index contributed by atoms with van der Waals surface area (Å²) in [6.07, 6.45) is 0. The number of hydrogen-bond acceptors (Lipinski definition) is 6. The second kappa shape index (κ2) is 6.70. The van der Waals surface area contributed by atoms with E-state index in [9.17, 15) is 4.79 Å². The lowest BCUT2D eigenvalue weighted by Gasteiger charge is -2.15. The fraction of sp³-hybridized carbons (Fsp3) is 0.417. The van der Waals surface area contributed by atoms with Crippen molar-refractivity contribution in [3.63, 3.8) is 0 Å². The van der Waals surface area contributed by atoms with Crippen LogP contribution in [0.1, 0.15) is 0 Å². The number of hydrogen-bond donors (Lipinski definition) is 1. The lowest BCUT2D eigenvalue weighted by Crippen LogP contribution is -2.37. The average Bonchev–Trinajstić information content (AvgIpc) is 2.42. The van der Waals surface area contributed by atoms with Crippen LogP contribution in [0.15, 0.2) is 18.2 Å². The molecule has 18 heavy (non-hydrogen) atoms. The zero-order chi connectivity index (χ0) is 13.5. The topological polar surface area (TPSA) is 80.0 Å². The summed E-state index contributed by atoms with van der Waals surface area (Å²) in [5.74, 6) is 0.923. The molecule has 0 saturated heterocycles. The summed E-state index contributed by atoms with van der Waals surface area (Å²) < 4.78 is 20.2. The Morgan fingerprint density at radius 1 is 1.22 bits per heavy atom. The van der Waals surface area contributed by atoms with Gasteiger partial charge in [-0.15, -0.1) is 0 Å². The molecule has 0 amide bonds.